The Hall–Kier alpha value is -1.81. The quantitative estimate of drug-likeness (QED) is 0.779. The maximum atomic E-state index is 12.6. The van der Waals surface area contributed by atoms with E-state index >= 15 is 0 Å². The van der Waals surface area contributed by atoms with Crippen molar-refractivity contribution >= 4 is 12.9 Å². The number of hydrogen-bond acceptors (Lipinski definition) is 4. The lowest BCUT2D eigenvalue weighted by molar-refractivity contribution is 0.386. The summed E-state index contributed by atoms with van der Waals surface area (Å²) in [6.07, 6.45) is 0.743. The van der Waals surface area contributed by atoms with Gasteiger partial charge in [-0.15, -0.1) is 0 Å². The first-order valence-electron chi connectivity index (χ1n) is 7.73. The van der Waals surface area contributed by atoms with Crippen LogP contribution in [0.15, 0.2) is 42.5 Å². The molecule has 6 heteroatoms. The lowest BCUT2D eigenvalue weighted by Gasteiger charge is -2.18. The number of rotatable bonds is 7. The molecule has 5 nitrogen and oxygen atoms in total. The van der Waals surface area contributed by atoms with E-state index in [1.807, 2.05) is 33.2 Å². The second-order valence-electron chi connectivity index (χ2n) is 5.97. The van der Waals surface area contributed by atoms with Crippen LogP contribution in [-0.2, 0) is 11.0 Å². The molecule has 1 N–H and O–H groups in total. The van der Waals surface area contributed by atoms with E-state index in [2.05, 4.69) is 4.90 Å². The van der Waals surface area contributed by atoms with Crippen molar-refractivity contribution < 1.29 is 18.7 Å². The number of benzene rings is 2. The van der Waals surface area contributed by atoms with E-state index < -0.39 is 7.60 Å². The Morgan fingerprint density at radius 2 is 1.79 bits per heavy atom. The average molecular weight is 349 g/mol. The molecule has 0 aliphatic rings. The molecule has 0 radical (unpaired) electrons. The van der Waals surface area contributed by atoms with Crippen molar-refractivity contribution in [2.75, 3.05) is 27.7 Å². The summed E-state index contributed by atoms with van der Waals surface area (Å²) < 4.78 is 23.2. The predicted octanol–water partition coefficient (Wildman–Crippen LogP) is 3.00. The molecule has 1 unspecified atom stereocenters. The molecular weight excluding hydrogens is 325 g/mol. The van der Waals surface area contributed by atoms with Crippen LogP contribution in [0.3, 0.4) is 0 Å². The summed E-state index contributed by atoms with van der Waals surface area (Å²) in [5.41, 5.74) is 2.01. The molecule has 0 saturated heterocycles. The third kappa shape index (κ3) is 4.84. The maximum Gasteiger partial charge on any atom is 0.408 e. The zero-order valence-corrected chi connectivity index (χ0v) is 15.4. The van der Waals surface area contributed by atoms with Crippen LogP contribution in [0.4, 0.5) is 0 Å². The van der Waals surface area contributed by atoms with Crippen LogP contribution in [-0.4, -0.2) is 37.5 Å². The summed E-state index contributed by atoms with van der Waals surface area (Å²) in [5, 5.41) is 0.238. The number of nitrogens with zero attached hydrogens (tertiary/aromatic N) is 1. The van der Waals surface area contributed by atoms with E-state index in [0.717, 1.165) is 24.1 Å². The minimum absolute atomic E-state index is 0.238. The van der Waals surface area contributed by atoms with Crippen molar-refractivity contribution in [3.05, 3.63) is 53.6 Å². The molecule has 130 valence electrons. The molecular formula is C18H24NO4P. The van der Waals surface area contributed by atoms with Crippen LogP contribution in [0.1, 0.15) is 11.1 Å². The van der Waals surface area contributed by atoms with Crippen molar-refractivity contribution in [1.82, 2.24) is 4.90 Å². The van der Waals surface area contributed by atoms with Crippen molar-refractivity contribution in [2.24, 2.45) is 0 Å². The molecule has 0 aromatic heterocycles. The fourth-order valence-corrected chi connectivity index (χ4v) is 3.37. The normalized spacial score (nSPS) is 13.6. The first kappa shape index (κ1) is 18.5. The Balaban J connectivity index is 2.26. The Morgan fingerprint density at radius 1 is 1.12 bits per heavy atom. The van der Waals surface area contributed by atoms with Gasteiger partial charge >= 0.3 is 7.60 Å². The lowest BCUT2D eigenvalue weighted by Crippen LogP contribution is -2.16. The van der Waals surface area contributed by atoms with Crippen LogP contribution in [0.2, 0.25) is 0 Å². The zero-order valence-electron chi connectivity index (χ0n) is 14.5. The highest BCUT2D eigenvalue weighted by Gasteiger charge is 2.25. The molecule has 0 fully saturated rings. The third-order valence-electron chi connectivity index (χ3n) is 3.67. The van der Waals surface area contributed by atoms with Gasteiger partial charge in [-0.3, -0.25) is 0 Å². The Morgan fingerprint density at radius 3 is 2.38 bits per heavy atom. The monoisotopic (exact) mass is 349 g/mol. The molecule has 0 aliphatic heterocycles. The van der Waals surface area contributed by atoms with Gasteiger partial charge < -0.3 is 19.1 Å². The first-order valence-corrected chi connectivity index (χ1v) is 9.31. The van der Waals surface area contributed by atoms with E-state index in [4.69, 9.17) is 9.26 Å². The summed E-state index contributed by atoms with van der Waals surface area (Å²) in [5.74, 6) is 1.07. The molecule has 2 rings (SSSR count). The lowest BCUT2D eigenvalue weighted by atomic mass is 10.1. The Labute approximate surface area is 143 Å². The highest BCUT2D eigenvalue weighted by atomic mass is 31.2. The van der Waals surface area contributed by atoms with Gasteiger partial charge in [0.25, 0.3) is 0 Å². The molecule has 24 heavy (non-hydrogen) atoms. The van der Waals surface area contributed by atoms with Gasteiger partial charge in [-0.05, 0) is 63.3 Å². The third-order valence-corrected chi connectivity index (χ3v) is 5.06. The molecule has 1 atom stereocenters. The van der Waals surface area contributed by atoms with Crippen LogP contribution in [0.5, 0.6) is 11.5 Å². The summed E-state index contributed by atoms with van der Waals surface area (Å²) in [4.78, 5) is 12.4. The summed E-state index contributed by atoms with van der Waals surface area (Å²) in [6, 6.07) is 12.0. The standard InChI is InChI=1S/C18H24NO4P/c1-14-5-10-18(15(13-14)11-12-19(2)3)23-24(20,21)17-8-6-16(22-4)7-9-17/h5-10,13H,11-12H2,1-4H3,(H,20,21). The average Bonchev–Trinajstić information content (AvgIpc) is 2.55. The van der Waals surface area contributed by atoms with Gasteiger partial charge in [0.05, 0.1) is 12.4 Å². The van der Waals surface area contributed by atoms with Crippen LogP contribution in [0, 0.1) is 6.92 Å². The van der Waals surface area contributed by atoms with Gasteiger partial charge in [-0.1, -0.05) is 17.7 Å². The highest BCUT2D eigenvalue weighted by molar-refractivity contribution is 7.61. The largest absolute Gasteiger partial charge is 0.497 e. The predicted molar refractivity (Wildman–Crippen MR) is 96.5 cm³/mol. The molecule has 0 saturated carbocycles. The van der Waals surface area contributed by atoms with Crippen molar-refractivity contribution in [3.8, 4) is 11.5 Å². The van der Waals surface area contributed by atoms with E-state index in [1.165, 1.54) is 0 Å². The molecule has 2 aromatic carbocycles. The number of likely N-dealkylation sites (N-methyl/N-ethyl adjacent to an activating group) is 1. The molecule has 0 amide bonds. The van der Waals surface area contributed by atoms with Crippen LogP contribution < -0.4 is 14.6 Å². The van der Waals surface area contributed by atoms with Crippen molar-refractivity contribution in [3.63, 3.8) is 0 Å². The maximum absolute atomic E-state index is 12.6. The smallest absolute Gasteiger partial charge is 0.408 e. The highest BCUT2D eigenvalue weighted by Crippen LogP contribution is 2.43. The van der Waals surface area contributed by atoms with E-state index in [1.54, 1.807) is 37.4 Å². The molecule has 0 heterocycles. The molecule has 0 aliphatic carbocycles. The van der Waals surface area contributed by atoms with Crippen molar-refractivity contribution in [1.29, 1.82) is 0 Å². The summed E-state index contributed by atoms with van der Waals surface area (Å²) >= 11 is 0. The first-order chi connectivity index (χ1) is 11.3. The van der Waals surface area contributed by atoms with Gasteiger partial charge in [-0.2, -0.15) is 0 Å². The molecule has 0 bridgehead atoms. The van der Waals surface area contributed by atoms with Crippen molar-refractivity contribution in [2.45, 2.75) is 13.3 Å². The number of hydrogen-bond donors (Lipinski definition) is 1. The fourth-order valence-electron chi connectivity index (χ4n) is 2.29. The fraction of sp³-hybridized carbons (Fsp3) is 0.333. The second kappa shape index (κ2) is 7.84. The molecule has 2 aromatic rings. The van der Waals surface area contributed by atoms with Gasteiger partial charge in [0.2, 0.25) is 0 Å². The minimum Gasteiger partial charge on any atom is -0.497 e. The van der Waals surface area contributed by atoms with E-state index in [9.17, 15) is 9.46 Å². The number of aryl methyl sites for hydroxylation is 1. The summed E-state index contributed by atoms with van der Waals surface area (Å²) in [7, 11) is 1.57. The number of methoxy groups -OCH3 is 1. The van der Waals surface area contributed by atoms with Gasteiger partial charge in [0, 0.05) is 6.54 Å². The SMILES string of the molecule is COc1ccc(P(=O)(O)Oc2ccc(C)cc2CCN(C)C)cc1. The van der Waals surface area contributed by atoms with Gasteiger partial charge in [0.15, 0.2) is 0 Å². The Bertz CT molecular complexity index is 728. The number of ether oxygens (including phenoxy) is 1. The van der Waals surface area contributed by atoms with Crippen LogP contribution in [0.25, 0.3) is 0 Å². The zero-order chi connectivity index (χ0) is 17.7. The van der Waals surface area contributed by atoms with Gasteiger partial charge in [-0.25, -0.2) is 4.57 Å². The second-order valence-corrected chi connectivity index (χ2v) is 7.71. The topological polar surface area (TPSA) is 59.0 Å². The van der Waals surface area contributed by atoms with Crippen LogP contribution >= 0.6 is 7.60 Å². The van der Waals surface area contributed by atoms with Gasteiger partial charge in [0.1, 0.15) is 11.5 Å². The van der Waals surface area contributed by atoms with E-state index in [0.29, 0.717) is 11.5 Å². The Kier molecular flexibility index (Phi) is 6.05. The van der Waals surface area contributed by atoms with E-state index in [-0.39, 0.29) is 5.30 Å². The molecule has 0 spiro atoms. The summed E-state index contributed by atoms with van der Waals surface area (Å²) in [6.45, 7) is 2.82. The minimum atomic E-state index is -3.96.